The van der Waals surface area contributed by atoms with Gasteiger partial charge in [-0.1, -0.05) is 39.7 Å². The topological polar surface area (TPSA) is 35.0 Å². The molecule has 1 heterocycles. The SMILES string of the molecule is Clc1cc(Oc2ccc(CBr)cc2)ncn1. The van der Waals surface area contributed by atoms with E-state index in [1.165, 1.54) is 11.9 Å². The fraction of sp³-hybridized carbons (Fsp3) is 0.0909. The summed E-state index contributed by atoms with van der Waals surface area (Å²) in [7, 11) is 0. The van der Waals surface area contributed by atoms with Crippen LogP contribution in [0.3, 0.4) is 0 Å². The molecule has 0 aliphatic heterocycles. The third-order valence-corrected chi connectivity index (χ3v) is 2.76. The lowest BCUT2D eigenvalue weighted by atomic mass is 10.2. The maximum Gasteiger partial charge on any atom is 0.223 e. The van der Waals surface area contributed by atoms with E-state index in [9.17, 15) is 0 Å². The van der Waals surface area contributed by atoms with Gasteiger partial charge in [0.15, 0.2) is 0 Å². The van der Waals surface area contributed by atoms with E-state index in [0.29, 0.717) is 11.0 Å². The third kappa shape index (κ3) is 2.93. The predicted molar refractivity (Wildman–Crippen MR) is 66.2 cm³/mol. The molecule has 0 aliphatic rings. The van der Waals surface area contributed by atoms with Gasteiger partial charge >= 0.3 is 0 Å². The van der Waals surface area contributed by atoms with Crippen LogP contribution in [0.5, 0.6) is 11.6 Å². The van der Waals surface area contributed by atoms with Crippen molar-refractivity contribution < 1.29 is 4.74 Å². The summed E-state index contributed by atoms with van der Waals surface area (Å²) < 4.78 is 5.51. The van der Waals surface area contributed by atoms with Gasteiger partial charge in [0, 0.05) is 11.4 Å². The molecule has 0 spiro atoms. The quantitative estimate of drug-likeness (QED) is 0.638. The monoisotopic (exact) mass is 298 g/mol. The van der Waals surface area contributed by atoms with Gasteiger partial charge in [-0.2, -0.15) is 0 Å². The van der Waals surface area contributed by atoms with Crippen molar-refractivity contribution in [3.63, 3.8) is 0 Å². The molecule has 5 heteroatoms. The van der Waals surface area contributed by atoms with Crippen molar-refractivity contribution in [1.82, 2.24) is 9.97 Å². The lowest BCUT2D eigenvalue weighted by Gasteiger charge is -2.04. The van der Waals surface area contributed by atoms with Crippen molar-refractivity contribution in [3.05, 3.63) is 47.4 Å². The predicted octanol–water partition coefficient (Wildman–Crippen LogP) is 3.82. The van der Waals surface area contributed by atoms with Gasteiger partial charge in [0.2, 0.25) is 5.88 Å². The number of alkyl halides is 1. The molecule has 0 saturated carbocycles. The maximum absolute atomic E-state index is 5.72. The van der Waals surface area contributed by atoms with Crippen LogP contribution >= 0.6 is 27.5 Å². The summed E-state index contributed by atoms with van der Waals surface area (Å²) in [5.74, 6) is 1.16. The number of hydrogen-bond acceptors (Lipinski definition) is 3. The highest BCUT2D eigenvalue weighted by atomic mass is 79.9. The molecule has 0 bridgehead atoms. The molecular formula is C11H8BrClN2O. The van der Waals surface area contributed by atoms with E-state index < -0.39 is 0 Å². The molecule has 0 N–H and O–H groups in total. The number of ether oxygens (including phenoxy) is 1. The first-order chi connectivity index (χ1) is 7.78. The number of hydrogen-bond donors (Lipinski definition) is 0. The van der Waals surface area contributed by atoms with Gasteiger partial charge in [-0.05, 0) is 17.7 Å². The van der Waals surface area contributed by atoms with Crippen LogP contribution in [0, 0.1) is 0 Å². The molecule has 0 radical (unpaired) electrons. The summed E-state index contributed by atoms with van der Waals surface area (Å²) in [5, 5.41) is 1.19. The largest absolute Gasteiger partial charge is 0.439 e. The highest BCUT2D eigenvalue weighted by molar-refractivity contribution is 9.08. The summed E-state index contributed by atoms with van der Waals surface area (Å²) in [4.78, 5) is 7.73. The van der Waals surface area contributed by atoms with Gasteiger partial charge < -0.3 is 4.74 Å². The van der Waals surface area contributed by atoms with Gasteiger partial charge in [0.05, 0.1) is 0 Å². The van der Waals surface area contributed by atoms with Crippen molar-refractivity contribution in [3.8, 4) is 11.6 Å². The minimum atomic E-state index is 0.363. The average molecular weight is 300 g/mol. The Morgan fingerprint density at radius 2 is 1.94 bits per heavy atom. The first-order valence-corrected chi connectivity index (χ1v) is 6.08. The Morgan fingerprint density at radius 3 is 2.56 bits per heavy atom. The summed E-state index contributed by atoms with van der Waals surface area (Å²) in [5.41, 5.74) is 1.19. The second-order valence-corrected chi connectivity index (χ2v) is 4.01. The van der Waals surface area contributed by atoms with Crippen LogP contribution < -0.4 is 4.74 Å². The molecule has 0 saturated heterocycles. The van der Waals surface area contributed by atoms with Crippen molar-refractivity contribution in [1.29, 1.82) is 0 Å². The Hall–Kier alpha value is -1.13. The van der Waals surface area contributed by atoms with Crippen molar-refractivity contribution in [2.24, 2.45) is 0 Å². The van der Waals surface area contributed by atoms with E-state index in [1.54, 1.807) is 6.07 Å². The van der Waals surface area contributed by atoms with Crippen LogP contribution in [0.2, 0.25) is 5.15 Å². The lowest BCUT2D eigenvalue weighted by molar-refractivity contribution is 0.461. The molecule has 0 fully saturated rings. The van der Waals surface area contributed by atoms with E-state index >= 15 is 0 Å². The number of benzene rings is 1. The molecule has 3 nitrogen and oxygen atoms in total. The Morgan fingerprint density at radius 1 is 1.19 bits per heavy atom. The van der Waals surface area contributed by atoms with E-state index in [4.69, 9.17) is 16.3 Å². The Bertz CT molecular complexity index is 476. The molecule has 0 amide bonds. The summed E-state index contributed by atoms with van der Waals surface area (Å²) in [6.07, 6.45) is 1.37. The number of halogens is 2. The summed E-state index contributed by atoms with van der Waals surface area (Å²) >= 11 is 9.10. The third-order valence-electron chi connectivity index (χ3n) is 1.91. The highest BCUT2D eigenvalue weighted by Crippen LogP contribution is 2.21. The second kappa shape index (κ2) is 5.27. The molecule has 1 aromatic carbocycles. The summed E-state index contributed by atoms with van der Waals surface area (Å²) in [6, 6.07) is 9.29. The van der Waals surface area contributed by atoms with Gasteiger partial charge in [0.25, 0.3) is 0 Å². The van der Waals surface area contributed by atoms with E-state index in [2.05, 4.69) is 25.9 Å². The standard InChI is InChI=1S/C11H8BrClN2O/c12-6-8-1-3-9(4-2-8)16-11-5-10(13)14-7-15-11/h1-5,7H,6H2. The van der Waals surface area contributed by atoms with E-state index in [-0.39, 0.29) is 0 Å². The molecule has 1 aromatic heterocycles. The lowest BCUT2D eigenvalue weighted by Crippen LogP contribution is -1.89. The molecule has 0 atom stereocenters. The zero-order valence-electron chi connectivity index (χ0n) is 8.23. The van der Waals surface area contributed by atoms with Crippen molar-refractivity contribution >= 4 is 27.5 Å². The fourth-order valence-electron chi connectivity index (χ4n) is 1.14. The fourth-order valence-corrected chi connectivity index (χ4v) is 1.65. The van der Waals surface area contributed by atoms with Gasteiger partial charge in [-0.3, -0.25) is 0 Å². The zero-order valence-corrected chi connectivity index (χ0v) is 10.6. The van der Waals surface area contributed by atoms with Crippen molar-refractivity contribution in [2.45, 2.75) is 5.33 Å². The van der Waals surface area contributed by atoms with Gasteiger partial charge in [-0.25, -0.2) is 9.97 Å². The van der Waals surface area contributed by atoms with Crippen LogP contribution in [-0.2, 0) is 5.33 Å². The number of rotatable bonds is 3. The first-order valence-electron chi connectivity index (χ1n) is 4.58. The Labute approximate surface area is 107 Å². The van der Waals surface area contributed by atoms with E-state index in [0.717, 1.165) is 11.1 Å². The Balaban J connectivity index is 2.14. The number of aromatic nitrogens is 2. The second-order valence-electron chi connectivity index (χ2n) is 3.06. The molecule has 82 valence electrons. The zero-order chi connectivity index (χ0) is 11.4. The van der Waals surface area contributed by atoms with Gasteiger partial charge in [0.1, 0.15) is 17.2 Å². The smallest absolute Gasteiger partial charge is 0.223 e. The van der Waals surface area contributed by atoms with Crippen LogP contribution in [0.15, 0.2) is 36.7 Å². The van der Waals surface area contributed by atoms with Crippen LogP contribution in [0.4, 0.5) is 0 Å². The normalized spacial score (nSPS) is 10.1. The van der Waals surface area contributed by atoms with Crippen molar-refractivity contribution in [2.75, 3.05) is 0 Å². The average Bonchev–Trinajstić information content (AvgIpc) is 2.30. The molecule has 16 heavy (non-hydrogen) atoms. The molecular weight excluding hydrogens is 291 g/mol. The highest BCUT2D eigenvalue weighted by Gasteiger charge is 2.00. The van der Waals surface area contributed by atoms with Crippen LogP contribution in [0.25, 0.3) is 0 Å². The Kier molecular flexibility index (Phi) is 3.74. The van der Waals surface area contributed by atoms with Crippen LogP contribution in [-0.4, -0.2) is 9.97 Å². The maximum atomic E-state index is 5.72. The number of nitrogens with zero attached hydrogens (tertiary/aromatic N) is 2. The summed E-state index contributed by atoms with van der Waals surface area (Å²) in [6.45, 7) is 0. The molecule has 2 aromatic rings. The first kappa shape index (κ1) is 11.4. The minimum absolute atomic E-state index is 0.363. The van der Waals surface area contributed by atoms with Crippen LogP contribution in [0.1, 0.15) is 5.56 Å². The molecule has 0 unspecified atom stereocenters. The minimum Gasteiger partial charge on any atom is -0.439 e. The van der Waals surface area contributed by atoms with E-state index in [1.807, 2.05) is 24.3 Å². The molecule has 2 rings (SSSR count). The molecule has 0 aliphatic carbocycles. The van der Waals surface area contributed by atoms with Gasteiger partial charge in [-0.15, -0.1) is 0 Å².